The van der Waals surface area contributed by atoms with Gasteiger partial charge in [0, 0.05) is 26.7 Å². The molecule has 1 saturated heterocycles. The van der Waals surface area contributed by atoms with Crippen LogP contribution in [-0.4, -0.2) is 32.3 Å². The first-order chi connectivity index (χ1) is 10.8. The molecule has 0 radical (unpaired) electrons. The summed E-state index contributed by atoms with van der Waals surface area (Å²) in [5, 5.41) is 9.23. The fourth-order valence-electron chi connectivity index (χ4n) is 2.77. The van der Waals surface area contributed by atoms with Gasteiger partial charge in [0.05, 0.1) is 6.10 Å². The molecule has 2 aromatic rings. The van der Waals surface area contributed by atoms with E-state index in [1.807, 2.05) is 0 Å². The summed E-state index contributed by atoms with van der Waals surface area (Å²) in [7, 11) is 1.80. The number of nitrogens with zero attached hydrogens (tertiary/aromatic N) is 1. The molecule has 1 atom stereocenters. The van der Waals surface area contributed by atoms with Crippen LogP contribution in [0, 0.1) is 0 Å². The van der Waals surface area contributed by atoms with Gasteiger partial charge in [0.15, 0.2) is 5.96 Å². The molecule has 0 bridgehead atoms. The van der Waals surface area contributed by atoms with Crippen molar-refractivity contribution < 1.29 is 4.74 Å². The first kappa shape index (κ1) is 18.0. The van der Waals surface area contributed by atoms with E-state index in [1.165, 1.54) is 16.3 Å². The van der Waals surface area contributed by atoms with Crippen LogP contribution < -0.4 is 10.6 Å². The smallest absolute Gasteiger partial charge is 0.191 e. The molecule has 3 rings (SSSR count). The number of nitrogens with one attached hydrogen (secondary N) is 2. The number of aliphatic imine (C=N–C) groups is 1. The lowest BCUT2D eigenvalue weighted by Gasteiger charge is -2.15. The topological polar surface area (TPSA) is 45.7 Å². The Morgan fingerprint density at radius 2 is 2.00 bits per heavy atom. The Morgan fingerprint density at radius 1 is 1.17 bits per heavy atom. The van der Waals surface area contributed by atoms with Crippen LogP contribution in [0.2, 0.25) is 0 Å². The predicted molar refractivity (Wildman–Crippen MR) is 107 cm³/mol. The van der Waals surface area contributed by atoms with E-state index in [2.05, 4.69) is 58.1 Å². The molecule has 4 nitrogen and oxygen atoms in total. The summed E-state index contributed by atoms with van der Waals surface area (Å²) in [4.78, 5) is 4.27. The highest BCUT2D eigenvalue weighted by Gasteiger charge is 2.15. The molecule has 1 unspecified atom stereocenters. The fourth-order valence-corrected chi connectivity index (χ4v) is 2.77. The van der Waals surface area contributed by atoms with Crippen LogP contribution >= 0.6 is 24.0 Å². The van der Waals surface area contributed by atoms with E-state index >= 15 is 0 Å². The lowest BCUT2D eigenvalue weighted by Crippen LogP contribution is -2.40. The molecule has 0 aromatic heterocycles. The van der Waals surface area contributed by atoms with Gasteiger partial charge in [-0.25, -0.2) is 0 Å². The number of rotatable bonds is 4. The standard InChI is InChI=1S/C18H23N3O.HI/c1-19-18(21-13-17-7-4-10-22-17)20-12-14-8-9-15-5-2-3-6-16(15)11-14;/h2-3,5-6,8-9,11,17H,4,7,10,12-13H2,1H3,(H2,19,20,21);1H. The first-order valence-corrected chi connectivity index (χ1v) is 7.89. The maximum absolute atomic E-state index is 5.61. The molecule has 0 amide bonds. The molecule has 0 saturated carbocycles. The van der Waals surface area contributed by atoms with Gasteiger partial charge in [-0.05, 0) is 35.2 Å². The van der Waals surface area contributed by atoms with Gasteiger partial charge >= 0.3 is 0 Å². The zero-order valence-corrected chi connectivity index (χ0v) is 15.7. The van der Waals surface area contributed by atoms with Crippen molar-refractivity contribution in [3.05, 3.63) is 48.0 Å². The second kappa shape index (κ2) is 9.08. The lowest BCUT2D eigenvalue weighted by atomic mass is 10.1. The van der Waals surface area contributed by atoms with Crippen LogP contribution in [0.15, 0.2) is 47.5 Å². The van der Waals surface area contributed by atoms with Crippen molar-refractivity contribution in [3.63, 3.8) is 0 Å². The Bertz CT molecular complexity index is 654. The number of fused-ring (bicyclic) bond motifs is 1. The largest absolute Gasteiger partial charge is 0.376 e. The van der Waals surface area contributed by atoms with E-state index < -0.39 is 0 Å². The summed E-state index contributed by atoms with van der Waals surface area (Å²) in [6.07, 6.45) is 2.61. The number of halogens is 1. The molecule has 124 valence electrons. The van der Waals surface area contributed by atoms with Crippen molar-refractivity contribution in [1.82, 2.24) is 10.6 Å². The normalized spacial score (nSPS) is 17.8. The molecule has 1 aliphatic rings. The number of guanidine groups is 1. The molecule has 1 heterocycles. The van der Waals surface area contributed by atoms with E-state index in [0.717, 1.165) is 38.5 Å². The molecular weight excluding hydrogens is 401 g/mol. The van der Waals surface area contributed by atoms with Gasteiger partial charge in [0.1, 0.15) is 0 Å². The van der Waals surface area contributed by atoms with Gasteiger partial charge in [-0.3, -0.25) is 4.99 Å². The third kappa shape index (κ3) is 5.07. The minimum Gasteiger partial charge on any atom is -0.376 e. The van der Waals surface area contributed by atoms with Crippen molar-refractivity contribution >= 4 is 40.7 Å². The molecule has 0 aliphatic carbocycles. The molecule has 23 heavy (non-hydrogen) atoms. The Kier molecular flexibility index (Phi) is 7.11. The highest BCUT2D eigenvalue weighted by molar-refractivity contribution is 14.0. The Hall–Kier alpha value is -1.34. The number of benzene rings is 2. The third-order valence-electron chi connectivity index (χ3n) is 4.02. The molecule has 1 fully saturated rings. The predicted octanol–water partition coefficient (Wildman–Crippen LogP) is 3.30. The van der Waals surface area contributed by atoms with E-state index in [4.69, 9.17) is 4.74 Å². The van der Waals surface area contributed by atoms with Crippen LogP contribution in [-0.2, 0) is 11.3 Å². The quantitative estimate of drug-likeness (QED) is 0.449. The molecule has 2 aromatic carbocycles. The van der Waals surface area contributed by atoms with Crippen molar-refractivity contribution in [1.29, 1.82) is 0 Å². The summed E-state index contributed by atoms with van der Waals surface area (Å²) < 4.78 is 5.61. The van der Waals surface area contributed by atoms with Gasteiger partial charge < -0.3 is 15.4 Å². The maximum atomic E-state index is 5.61. The average Bonchev–Trinajstić information content (AvgIpc) is 3.08. The van der Waals surface area contributed by atoms with Crippen LogP contribution in [0.5, 0.6) is 0 Å². The van der Waals surface area contributed by atoms with Crippen LogP contribution in [0.4, 0.5) is 0 Å². The van der Waals surface area contributed by atoms with Crippen molar-refractivity contribution in [2.75, 3.05) is 20.2 Å². The van der Waals surface area contributed by atoms with Gasteiger partial charge in [-0.1, -0.05) is 36.4 Å². The minimum atomic E-state index is 0. The van der Waals surface area contributed by atoms with E-state index in [1.54, 1.807) is 7.05 Å². The van der Waals surface area contributed by atoms with Crippen molar-refractivity contribution in [2.24, 2.45) is 4.99 Å². The fraction of sp³-hybridized carbons (Fsp3) is 0.389. The maximum Gasteiger partial charge on any atom is 0.191 e. The molecule has 2 N–H and O–H groups in total. The summed E-state index contributed by atoms with van der Waals surface area (Å²) in [6.45, 7) is 2.46. The van der Waals surface area contributed by atoms with Gasteiger partial charge in [0.25, 0.3) is 0 Å². The summed E-state index contributed by atoms with van der Waals surface area (Å²) >= 11 is 0. The SMILES string of the molecule is CN=C(NCc1ccc2ccccc2c1)NCC1CCCO1.I. The average molecular weight is 425 g/mol. The Morgan fingerprint density at radius 3 is 2.74 bits per heavy atom. The van der Waals surface area contributed by atoms with Gasteiger partial charge in [-0.2, -0.15) is 0 Å². The third-order valence-corrected chi connectivity index (χ3v) is 4.02. The monoisotopic (exact) mass is 425 g/mol. The van der Waals surface area contributed by atoms with Crippen LogP contribution in [0.1, 0.15) is 18.4 Å². The van der Waals surface area contributed by atoms with Crippen LogP contribution in [0.25, 0.3) is 10.8 Å². The number of hydrogen-bond acceptors (Lipinski definition) is 2. The molecule has 1 aliphatic heterocycles. The van der Waals surface area contributed by atoms with Crippen molar-refractivity contribution in [3.8, 4) is 0 Å². The van der Waals surface area contributed by atoms with Gasteiger partial charge in [0.2, 0.25) is 0 Å². The first-order valence-electron chi connectivity index (χ1n) is 7.89. The van der Waals surface area contributed by atoms with Crippen LogP contribution in [0.3, 0.4) is 0 Å². The molecule has 0 spiro atoms. The van der Waals surface area contributed by atoms with E-state index in [0.29, 0.717) is 6.10 Å². The summed E-state index contributed by atoms with van der Waals surface area (Å²) in [6, 6.07) is 14.9. The zero-order valence-electron chi connectivity index (χ0n) is 13.4. The minimum absolute atomic E-state index is 0. The summed E-state index contributed by atoms with van der Waals surface area (Å²) in [5.74, 6) is 0.823. The second-order valence-electron chi connectivity index (χ2n) is 5.62. The van der Waals surface area contributed by atoms with E-state index in [-0.39, 0.29) is 24.0 Å². The second-order valence-corrected chi connectivity index (χ2v) is 5.62. The van der Waals surface area contributed by atoms with E-state index in [9.17, 15) is 0 Å². The Balaban J connectivity index is 0.00000192. The van der Waals surface area contributed by atoms with Gasteiger partial charge in [-0.15, -0.1) is 24.0 Å². The molecule has 5 heteroatoms. The lowest BCUT2D eigenvalue weighted by molar-refractivity contribution is 0.114. The molecular formula is C18H24IN3O. The highest BCUT2D eigenvalue weighted by atomic mass is 127. The van der Waals surface area contributed by atoms with Crippen molar-refractivity contribution in [2.45, 2.75) is 25.5 Å². The summed E-state index contributed by atoms with van der Waals surface area (Å²) in [5.41, 5.74) is 1.25. The number of ether oxygens (including phenoxy) is 1. The highest BCUT2D eigenvalue weighted by Crippen LogP contribution is 2.15. The zero-order chi connectivity index (χ0) is 15.2. The Labute approximate surface area is 154 Å². The number of hydrogen-bond donors (Lipinski definition) is 2.